The van der Waals surface area contributed by atoms with Crippen molar-refractivity contribution in [3.63, 3.8) is 0 Å². The summed E-state index contributed by atoms with van der Waals surface area (Å²) in [6, 6.07) is 5.63. The average Bonchev–Trinajstić information content (AvgIpc) is 3.25. The van der Waals surface area contributed by atoms with E-state index < -0.39 is 0 Å². The Kier molecular flexibility index (Phi) is 3.31. The number of methoxy groups -OCH3 is 2. The second-order valence-corrected chi connectivity index (χ2v) is 4.85. The molecule has 0 aliphatic heterocycles. The second-order valence-electron chi connectivity index (χ2n) is 4.85. The fourth-order valence-corrected chi connectivity index (χ4v) is 2.37. The molecular formula is C14H18N4O2. The highest BCUT2D eigenvalue weighted by Crippen LogP contribution is 2.43. The SMILES string of the molecule is COc1ccc(OC)c(-n2nnc(CN)c2C2CC2)c1. The number of aromatic nitrogens is 3. The highest BCUT2D eigenvalue weighted by molar-refractivity contribution is 5.52. The Hall–Kier alpha value is -2.08. The van der Waals surface area contributed by atoms with Gasteiger partial charge in [-0.25, -0.2) is 4.68 Å². The van der Waals surface area contributed by atoms with Crippen LogP contribution in [-0.4, -0.2) is 29.2 Å². The third-order valence-electron chi connectivity index (χ3n) is 3.55. The number of nitrogens with zero attached hydrogens (tertiary/aromatic N) is 3. The number of hydrogen-bond acceptors (Lipinski definition) is 5. The first-order chi connectivity index (χ1) is 9.78. The Labute approximate surface area is 117 Å². The molecule has 106 valence electrons. The maximum absolute atomic E-state index is 5.76. The Morgan fingerprint density at radius 1 is 1.30 bits per heavy atom. The van der Waals surface area contributed by atoms with Crippen LogP contribution in [0.25, 0.3) is 5.69 Å². The average molecular weight is 274 g/mol. The van der Waals surface area contributed by atoms with Gasteiger partial charge in [0.2, 0.25) is 0 Å². The van der Waals surface area contributed by atoms with Crippen LogP contribution in [0.5, 0.6) is 11.5 Å². The maximum atomic E-state index is 5.76. The molecule has 0 unspecified atom stereocenters. The predicted octanol–water partition coefficient (Wildman–Crippen LogP) is 1.62. The summed E-state index contributed by atoms with van der Waals surface area (Å²) in [6.07, 6.45) is 2.32. The van der Waals surface area contributed by atoms with E-state index in [0.29, 0.717) is 12.5 Å². The van der Waals surface area contributed by atoms with Crippen molar-refractivity contribution in [3.8, 4) is 17.2 Å². The van der Waals surface area contributed by atoms with Gasteiger partial charge < -0.3 is 15.2 Å². The van der Waals surface area contributed by atoms with Crippen molar-refractivity contribution < 1.29 is 9.47 Å². The van der Waals surface area contributed by atoms with Crippen LogP contribution in [0.4, 0.5) is 0 Å². The van der Waals surface area contributed by atoms with E-state index in [9.17, 15) is 0 Å². The molecule has 0 spiro atoms. The molecule has 3 rings (SSSR count). The first kappa shape index (κ1) is 12.9. The summed E-state index contributed by atoms with van der Waals surface area (Å²) >= 11 is 0. The summed E-state index contributed by atoms with van der Waals surface area (Å²) in [5.74, 6) is 1.99. The lowest BCUT2D eigenvalue weighted by atomic mass is 10.2. The van der Waals surface area contributed by atoms with Crippen molar-refractivity contribution in [2.45, 2.75) is 25.3 Å². The van der Waals surface area contributed by atoms with Crippen LogP contribution in [0, 0.1) is 0 Å². The first-order valence-electron chi connectivity index (χ1n) is 6.65. The largest absolute Gasteiger partial charge is 0.497 e. The van der Waals surface area contributed by atoms with Gasteiger partial charge in [-0.05, 0) is 25.0 Å². The second kappa shape index (κ2) is 5.13. The summed E-state index contributed by atoms with van der Waals surface area (Å²) in [6.45, 7) is 0.401. The first-order valence-corrected chi connectivity index (χ1v) is 6.65. The van der Waals surface area contributed by atoms with E-state index >= 15 is 0 Å². The van der Waals surface area contributed by atoms with Crippen LogP contribution in [0.15, 0.2) is 18.2 Å². The molecule has 0 radical (unpaired) electrons. The van der Waals surface area contributed by atoms with E-state index in [4.69, 9.17) is 15.2 Å². The van der Waals surface area contributed by atoms with Crippen molar-refractivity contribution in [2.24, 2.45) is 5.73 Å². The Morgan fingerprint density at radius 3 is 2.70 bits per heavy atom. The molecule has 1 aromatic heterocycles. The Bertz CT molecular complexity index is 620. The number of benzene rings is 1. The molecule has 1 fully saturated rings. The van der Waals surface area contributed by atoms with Gasteiger partial charge in [-0.3, -0.25) is 0 Å². The quantitative estimate of drug-likeness (QED) is 0.896. The lowest BCUT2D eigenvalue weighted by molar-refractivity contribution is 0.400. The molecule has 0 bridgehead atoms. The van der Waals surface area contributed by atoms with E-state index in [0.717, 1.165) is 41.4 Å². The molecule has 6 heteroatoms. The molecular weight excluding hydrogens is 256 g/mol. The molecule has 0 atom stereocenters. The van der Waals surface area contributed by atoms with Crippen molar-refractivity contribution in [3.05, 3.63) is 29.6 Å². The van der Waals surface area contributed by atoms with Gasteiger partial charge in [0.25, 0.3) is 0 Å². The molecule has 6 nitrogen and oxygen atoms in total. The van der Waals surface area contributed by atoms with Crippen molar-refractivity contribution in [1.29, 1.82) is 0 Å². The van der Waals surface area contributed by atoms with Gasteiger partial charge in [0.05, 0.1) is 19.9 Å². The minimum absolute atomic E-state index is 0.401. The summed E-state index contributed by atoms with van der Waals surface area (Å²) in [5, 5.41) is 8.45. The van der Waals surface area contributed by atoms with Gasteiger partial charge in [0.1, 0.15) is 22.9 Å². The van der Waals surface area contributed by atoms with Crippen LogP contribution in [0.2, 0.25) is 0 Å². The lowest BCUT2D eigenvalue weighted by Crippen LogP contribution is -2.06. The minimum Gasteiger partial charge on any atom is -0.497 e. The van der Waals surface area contributed by atoms with Crippen molar-refractivity contribution in [2.75, 3.05) is 14.2 Å². The van der Waals surface area contributed by atoms with Crippen LogP contribution in [-0.2, 0) is 6.54 Å². The maximum Gasteiger partial charge on any atom is 0.144 e. The molecule has 1 heterocycles. The van der Waals surface area contributed by atoms with Crippen LogP contribution >= 0.6 is 0 Å². The zero-order valence-corrected chi connectivity index (χ0v) is 11.7. The molecule has 0 saturated heterocycles. The molecule has 1 aromatic carbocycles. The monoisotopic (exact) mass is 274 g/mol. The van der Waals surface area contributed by atoms with E-state index in [1.165, 1.54) is 0 Å². The van der Waals surface area contributed by atoms with Crippen molar-refractivity contribution >= 4 is 0 Å². The molecule has 1 aliphatic carbocycles. The molecule has 1 aliphatic rings. The van der Waals surface area contributed by atoms with E-state index in [1.54, 1.807) is 14.2 Å². The fraction of sp³-hybridized carbons (Fsp3) is 0.429. The summed E-state index contributed by atoms with van der Waals surface area (Å²) in [7, 11) is 3.28. The smallest absolute Gasteiger partial charge is 0.144 e. The number of ether oxygens (including phenoxy) is 2. The zero-order chi connectivity index (χ0) is 14.1. The standard InChI is InChI=1S/C14H18N4O2/c1-19-10-5-6-13(20-2)12(7-10)18-14(9-3-4-9)11(8-15)16-17-18/h5-7,9H,3-4,8,15H2,1-2H3. The van der Waals surface area contributed by atoms with Gasteiger partial charge in [0, 0.05) is 18.5 Å². The molecule has 2 aromatic rings. The van der Waals surface area contributed by atoms with Gasteiger partial charge in [-0.2, -0.15) is 0 Å². The molecule has 0 amide bonds. The molecule has 20 heavy (non-hydrogen) atoms. The lowest BCUT2D eigenvalue weighted by Gasteiger charge is -2.12. The van der Waals surface area contributed by atoms with Gasteiger partial charge in [-0.15, -0.1) is 5.10 Å². The highest BCUT2D eigenvalue weighted by atomic mass is 16.5. The van der Waals surface area contributed by atoms with E-state index in [-0.39, 0.29) is 0 Å². The Morgan fingerprint density at radius 2 is 2.10 bits per heavy atom. The highest BCUT2D eigenvalue weighted by Gasteiger charge is 2.32. The van der Waals surface area contributed by atoms with Gasteiger partial charge in [-0.1, -0.05) is 5.21 Å². The topological polar surface area (TPSA) is 75.2 Å². The van der Waals surface area contributed by atoms with E-state index in [1.807, 2.05) is 22.9 Å². The zero-order valence-electron chi connectivity index (χ0n) is 11.7. The van der Waals surface area contributed by atoms with Crippen LogP contribution < -0.4 is 15.2 Å². The number of nitrogens with two attached hydrogens (primary N) is 1. The fourth-order valence-electron chi connectivity index (χ4n) is 2.37. The minimum atomic E-state index is 0.401. The third kappa shape index (κ3) is 2.12. The number of rotatable bonds is 5. The molecule has 2 N–H and O–H groups in total. The summed E-state index contributed by atoms with van der Waals surface area (Å²) in [5.41, 5.74) is 8.55. The normalized spacial score (nSPS) is 14.3. The van der Waals surface area contributed by atoms with E-state index in [2.05, 4.69) is 10.3 Å². The summed E-state index contributed by atoms with van der Waals surface area (Å²) in [4.78, 5) is 0. The van der Waals surface area contributed by atoms with Gasteiger partial charge in [0.15, 0.2) is 0 Å². The Balaban J connectivity index is 2.14. The number of hydrogen-bond donors (Lipinski definition) is 1. The predicted molar refractivity (Wildman–Crippen MR) is 74.3 cm³/mol. The van der Waals surface area contributed by atoms with Gasteiger partial charge >= 0.3 is 0 Å². The van der Waals surface area contributed by atoms with Crippen LogP contribution in [0.1, 0.15) is 30.1 Å². The summed E-state index contributed by atoms with van der Waals surface area (Å²) < 4.78 is 12.5. The van der Waals surface area contributed by atoms with Crippen LogP contribution in [0.3, 0.4) is 0 Å². The third-order valence-corrected chi connectivity index (χ3v) is 3.55. The van der Waals surface area contributed by atoms with Crippen molar-refractivity contribution in [1.82, 2.24) is 15.0 Å². The molecule has 1 saturated carbocycles.